The molecular weight excluding hydrogens is 208 g/mol. The van der Waals surface area contributed by atoms with Gasteiger partial charge in [0.1, 0.15) is 6.10 Å². The lowest BCUT2D eigenvalue weighted by Gasteiger charge is -2.13. The van der Waals surface area contributed by atoms with E-state index in [4.69, 9.17) is 14.2 Å². The highest BCUT2D eigenvalue weighted by molar-refractivity contribution is 5.44. The van der Waals surface area contributed by atoms with Crippen LogP contribution in [0.5, 0.6) is 11.5 Å². The van der Waals surface area contributed by atoms with Crippen LogP contribution in [0.25, 0.3) is 0 Å². The molecule has 0 aromatic heterocycles. The van der Waals surface area contributed by atoms with Crippen molar-refractivity contribution in [3.8, 4) is 11.5 Å². The van der Waals surface area contributed by atoms with Crippen LogP contribution in [0.2, 0.25) is 0 Å². The Balaban J connectivity index is 2.20. The van der Waals surface area contributed by atoms with Gasteiger partial charge in [0.25, 0.3) is 0 Å². The van der Waals surface area contributed by atoms with Crippen molar-refractivity contribution in [3.05, 3.63) is 23.8 Å². The van der Waals surface area contributed by atoms with Crippen molar-refractivity contribution >= 4 is 0 Å². The molecule has 0 saturated heterocycles. The maximum absolute atomic E-state index is 9.77. The van der Waals surface area contributed by atoms with Gasteiger partial charge in [-0.3, -0.25) is 0 Å². The molecule has 16 heavy (non-hydrogen) atoms. The van der Waals surface area contributed by atoms with Crippen molar-refractivity contribution in [1.82, 2.24) is 0 Å². The van der Waals surface area contributed by atoms with Gasteiger partial charge in [0, 0.05) is 13.5 Å². The highest BCUT2D eigenvalue weighted by atomic mass is 16.5. The van der Waals surface area contributed by atoms with Gasteiger partial charge in [-0.25, -0.2) is 0 Å². The van der Waals surface area contributed by atoms with Gasteiger partial charge < -0.3 is 19.3 Å². The summed E-state index contributed by atoms with van der Waals surface area (Å²) in [6.45, 7) is 1.60. The van der Waals surface area contributed by atoms with E-state index < -0.39 is 6.10 Å². The second-order valence-electron chi connectivity index (χ2n) is 3.73. The Morgan fingerprint density at radius 3 is 2.81 bits per heavy atom. The number of methoxy groups -OCH3 is 1. The topological polar surface area (TPSA) is 47.9 Å². The predicted molar refractivity (Wildman–Crippen MR) is 58.9 cm³/mol. The van der Waals surface area contributed by atoms with Gasteiger partial charge in [0.15, 0.2) is 11.5 Å². The molecule has 0 radical (unpaired) electrons. The van der Waals surface area contributed by atoms with Crippen LogP contribution in [0.3, 0.4) is 0 Å². The van der Waals surface area contributed by atoms with E-state index in [0.717, 1.165) is 17.7 Å². The SMILES string of the molecule is COCC(O)c1ccc2c(c1)OCCCO2. The first kappa shape index (κ1) is 11.2. The van der Waals surface area contributed by atoms with Crippen LogP contribution < -0.4 is 9.47 Å². The Kier molecular flexibility index (Phi) is 3.64. The molecule has 1 aromatic carbocycles. The van der Waals surface area contributed by atoms with Crippen LogP contribution in [0.1, 0.15) is 18.1 Å². The van der Waals surface area contributed by atoms with Crippen molar-refractivity contribution in [2.45, 2.75) is 12.5 Å². The lowest BCUT2D eigenvalue weighted by atomic mass is 10.1. The molecule has 1 heterocycles. The Bertz CT molecular complexity index is 351. The van der Waals surface area contributed by atoms with Crippen LogP contribution in [0, 0.1) is 0 Å². The van der Waals surface area contributed by atoms with Gasteiger partial charge in [-0.1, -0.05) is 6.07 Å². The number of benzene rings is 1. The van der Waals surface area contributed by atoms with Gasteiger partial charge in [0.2, 0.25) is 0 Å². The molecule has 1 aromatic rings. The Morgan fingerprint density at radius 2 is 2.06 bits per heavy atom. The van der Waals surface area contributed by atoms with Crippen LogP contribution in [-0.2, 0) is 4.74 Å². The maximum atomic E-state index is 9.77. The molecule has 1 N–H and O–H groups in total. The number of fused-ring (bicyclic) bond motifs is 1. The molecule has 1 aliphatic rings. The van der Waals surface area contributed by atoms with Gasteiger partial charge in [-0.15, -0.1) is 0 Å². The molecule has 1 unspecified atom stereocenters. The summed E-state index contributed by atoms with van der Waals surface area (Å²) in [5, 5.41) is 9.77. The second kappa shape index (κ2) is 5.18. The van der Waals surface area contributed by atoms with Gasteiger partial charge >= 0.3 is 0 Å². The summed E-state index contributed by atoms with van der Waals surface area (Å²) >= 11 is 0. The largest absolute Gasteiger partial charge is 0.490 e. The lowest BCUT2D eigenvalue weighted by Crippen LogP contribution is -2.05. The van der Waals surface area contributed by atoms with Crippen molar-refractivity contribution in [2.24, 2.45) is 0 Å². The third-order valence-corrected chi connectivity index (χ3v) is 2.48. The number of ether oxygens (including phenoxy) is 3. The first-order valence-corrected chi connectivity index (χ1v) is 5.38. The zero-order chi connectivity index (χ0) is 11.4. The number of hydrogen-bond donors (Lipinski definition) is 1. The van der Waals surface area contributed by atoms with E-state index in [1.807, 2.05) is 18.2 Å². The Hall–Kier alpha value is -1.26. The van der Waals surface area contributed by atoms with Crippen LogP contribution >= 0.6 is 0 Å². The molecule has 1 atom stereocenters. The highest BCUT2D eigenvalue weighted by Crippen LogP contribution is 2.32. The minimum Gasteiger partial charge on any atom is -0.490 e. The minimum atomic E-state index is -0.623. The third kappa shape index (κ3) is 2.46. The van der Waals surface area contributed by atoms with Crippen molar-refractivity contribution in [1.29, 1.82) is 0 Å². The molecule has 0 fully saturated rings. The molecule has 4 heteroatoms. The monoisotopic (exact) mass is 224 g/mol. The fourth-order valence-electron chi connectivity index (χ4n) is 1.64. The average molecular weight is 224 g/mol. The number of rotatable bonds is 3. The summed E-state index contributed by atoms with van der Waals surface area (Å²) < 4.78 is 16.0. The first-order chi connectivity index (χ1) is 7.81. The van der Waals surface area contributed by atoms with Gasteiger partial charge in [-0.2, -0.15) is 0 Å². The fraction of sp³-hybridized carbons (Fsp3) is 0.500. The van der Waals surface area contributed by atoms with E-state index in [0.29, 0.717) is 19.0 Å². The molecular formula is C12H16O4. The highest BCUT2D eigenvalue weighted by Gasteiger charge is 2.14. The summed E-state index contributed by atoms with van der Waals surface area (Å²) in [5.74, 6) is 1.44. The van der Waals surface area contributed by atoms with Gasteiger partial charge in [0.05, 0.1) is 19.8 Å². The molecule has 2 rings (SSSR count). The quantitative estimate of drug-likeness (QED) is 0.845. The second-order valence-corrected chi connectivity index (χ2v) is 3.73. The molecule has 4 nitrogen and oxygen atoms in total. The van der Waals surface area contributed by atoms with E-state index in [2.05, 4.69) is 0 Å². The van der Waals surface area contributed by atoms with E-state index in [1.165, 1.54) is 0 Å². The zero-order valence-electron chi connectivity index (χ0n) is 9.31. The van der Waals surface area contributed by atoms with Crippen LogP contribution in [-0.4, -0.2) is 32.0 Å². The molecule has 0 aliphatic carbocycles. The smallest absolute Gasteiger partial charge is 0.161 e. The minimum absolute atomic E-state index is 0.277. The molecule has 1 aliphatic heterocycles. The molecule has 0 spiro atoms. The number of aliphatic hydroxyl groups is 1. The van der Waals surface area contributed by atoms with Crippen LogP contribution in [0.4, 0.5) is 0 Å². The summed E-state index contributed by atoms with van der Waals surface area (Å²) in [7, 11) is 1.56. The normalized spacial score (nSPS) is 16.6. The molecule has 0 saturated carbocycles. The average Bonchev–Trinajstić information content (AvgIpc) is 2.53. The standard InChI is InChI=1S/C12H16O4/c1-14-8-10(13)9-3-4-11-12(7-9)16-6-2-5-15-11/h3-4,7,10,13H,2,5-6,8H2,1H3. The summed E-state index contributed by atoms with van der Waals surface area (Å²) in [4.78, 5) is 0. The molecule has 0 bridgehead atoms. The Morgan fingerprint density at radius 1 is 1.31 bits per heavy atom. The first-order valence-electron chi connectivity index (χ1n) is 5.38. The molecule has 88 valence electrons. The number of hydrogen-bond acceptors (Lipinski definition) is 4. The van der Waals surface area contributed by atoms with Crippen molar-refractivity contribution < 1.29 is 19.3 Å². The predicted octanol–water partition coefficient (Wildman–Crippen LogP) is 1.53. The maximum Gasteiger partial charge on any atom is 0.161 e. The summed E-state index contributed by atoms with van der Waals surface area (Å²) in [5.41, 5.74) is 0.783. The van der Waals surface area contributed by atoms with Gasteiger partial charge in [-0.05, 0) is 17.7 Å². The van der Waals surface area contributed by atoms with E-state index in [-0.39, 0.29) is 6.61 Å². The van der Waals surface area contributed by atoms with E-state index >= 15 is 0 Å². The Labute approximate surface area is 94.8 Å². The summed E-state index contributed by atoms with van der Waals surface area (Å²) in [6.07, 6.45) is 0.257. The summed E-state index contributed by atoms with van der Waals surface area (Å²) in [6, 6.07) is 5.47. The lowest BCUT2D eigenvalue weighted by molar-refractivity contribution is 0.0642. The zero-order valence-corrected chi connectivity index (χ0v) is 9.31. The van der Waals surface area contributed by atoms with Crippen molar-refractivity contribution in [3.63, 3.8) is 0 Å². The van der Waals surface area contributed by atoms with E-state index in [9.17, 15) is 5.11 Å². The third-order valence-electron chi connectivity index (χ3n) is 2.48. The van der Waals surface area contributed by atoms with Crippen LogP contribution in [0.15, 0.2) is 18.2 Å². The number of aliphatic hydroxyl groups excluding tert-OH is 1. The van der Waals surface area contributed by atoms with E-state index in [1.54, 1.807) is 7.11 Å². The van der Waals surface area contributed by atoms with Crippen molar-refractivity contribution in [2.75, 3.05) is 26.9 Å². The molecule has 0 amide bonds. The fourth-order valence-corrected chi connectivity index (χ4v) is 1.64.